The molecule has 0 amide bonds. The molecule has 0 heteroatoms. The van der Waals surface area contributed by atoms with Crippen LogP contribution in [0.4, 0.5) is 0 Å². The molecule has 0 nitrogen and oxygen atoms in total. The second-order valence-electron chi connectivity index (χ2n) is 14.9. The molecule has 1 aliphatic rings. The minimum atomic E-state index is -0.155. The number of hydrogen-bond acceptors (Lipinski definition) is 0. The Morgan fingerprint density at radius 2 is 0.887 bits per heavy atom. The van der Waals surface area contributed by atoms with Gasteiger partial charge >= 0.3 is 0 Å². The summed E-state index contributed by atoms with van der Waals surface area (Å²) in [5.74, 6) is 0. The van der Waals surface area contributed by atoms with Crippen molar-refractivity contribution in [3.8, 4) is 44.5 Å². The van der Waals surface area contributed by atoms with Crippen molar-refractivity contribution in [1.82, 2.24) is 0 Å². The molecule has 0 saturated heterocycles. The summed E-state index contributed by atoms with van der Waals surface area (Å²) in [5.41, 5.74) is 15.2. The van der Waals surface area contributed by atoms with E-state index in [0.717, 1.165) is 0 Å². The molecule has 1 aliphatic carbocycles. The molecular weight excluding hydrogens is 637 g/mol. The van der Waals surface area contributed by atoms with Gasteiger partial charge in [-0.25, -0.2) is 0 Å². The highest BCUT2D eigenvalue weighted by Crippen LogP contribution is 2.51. The van der Waals surface area contributed by atoms with Gasteiger partial charge in [0.05, 0.1) is 0 Å². The lowest BCUT2D eigenvalue weighted by atomic mass is 9.80. The fourth-order valence-electron chi connectivity index (χ4n) is 8.74. The monoisotopic (exact) mass is 674 g/mol. The van der Waals surface area contributed by atoms with E-state index in [1.54, 1.807) is 0 Å². The molecule has 0 radical (unpaired) electrons. The summed E-state index contributed by atoms with van der Waals surface area (Å²) in [4.78, 5) is 0. The third-order valence-corrected chi connectivity index (χ3v) is 11.5. The first-order valence-corrected chi connectivity index (χ1v) is 18.6. The Hall–Kier alpha value is -6.50. The van der Waals surface area contributed by atoms with Crippen LogP contribution < -0.4 is 0 Å². The summed E-state index contributed by atoms with van der Waals surface area (Å²) in [6.07, 6.45) is 4.53. The van der Waals surface area contributed by atoms with Crippen LogP contribution in [0.5, 0.6) is 0 Å². The Kier molecular flexibility index (Phi) is 7.27. The molecular formula is C53H38. The highest BCUT2D eigenvalue weighted by Gasteiger charge is 2.36. The van der Waals surface area contributed by atoms with Crippen molar-refractivity contribution in [2.75, 3.05) is 0 Å². The average molecular weight is 675 g/mol. The zero-order valence-corrected chi connectivity index (χ0v) is 30.0. The normalized spacial score (nSPS) is 13.2. The van der Waals surface area contributed by atoms with Crippen molar-refractivity contribution in [2.45, 2.75) is 19.3 Å². The van der Waals surface area contributed by atoms with Crippen molar-refractivity contribution >= 4 is 44.5 Å². The molecule has 0 atom stereocenters. The molecule has 0 saturated carbocycles. The first-order valence-electron chi connectivity index (χ1n) is 18.6. The highest BCUT2D eigenvalue weighted by molar-refractivity contribution is 6.14. The van der Waals surface area contributed by atoms with E-state index in [0.29, 0.717) is 0 Å². The van der Waals surface area contributed by atoms with E-state index in [2.05, 4.69) is 208 Å². The van der Waals surface area contributed by atoms with Gasteiger partial charge in [-0.15, -0.1) is 0 Å². The Bertz CT molecular complexity index is 2900. The summed E-state index contributed by atoms with van der Waals surface area (Å²) in [7, 11) is 0. The van der Waals surface area contributed by atoms with Gasteiger partial charge in [-0.3, -0.25) is 0 Å². The van der Waals surface area contributed by atoms with Gasteiger partial charge in [0.2, 0.25) is 0 Å². The van der Waals surface area contributed by atoms with E-state index in [1.807, 2.05) is 0 Å². The third-order valence-electron chi connectivity index (χ3n) is 11.5. The minimum absolute atomic E-state index is 0.155. The minimum Gasteiger partial charge on any atom is -0.0622 e. The van der Waals surface area contributed by atoms with Gasteiger partial charge in [0.15, 0.2) is 0 Å². The van der Waals surface area contributed by atoms with E-state index in [4.69, 9.17) is 0 Å². The van der Waals surface area contributed by atoms with Crippen LogP contribution in [0, 0.1) is 0 Å². The predicted molar refractivity (Wildman–Crippen MR) is 228 cm³/mol. The molecule has 10 rings (SSSR count). The lowest BCUT2D eigenvalue weighted by Crippen LogP contribution is -2.15. The Labute approximate surface area is 311 Å². The van der Waals surface area contributed by atoms with Crippen LogP contribution in [0.3, 0.4) is 0 Å². The average Bonchev–Trinajstić information content (AvgIpc) is 3.44. The van der Waals surface area contributed by atoms with Gasteiger partial charge in [-0.2, -0.15) is 0 Å². The van der Waals surface area contributed by atoms with Gasteiger partial charge in [-0.05, 0) is 129 Å². The van der Waals surface area contributed by atoms with Crippen molar-refractivity contribution in [3.05, 3.63) is 204 Å². The molecule has 0 aromatic heterocycles. The molecule has 0 fully saturated rings. The summed E-state index contributed by atoms with van der Waals surface area (Å²) in [5, 5.41) is 7.70. The number of hydrogen-bond donors (Lipinski definition) is 0. The molecule has 0 aliphatic heterocycles. The molecule has 250 valence electrons. The predicted octanol–water partition coefficient (Wildman–Crippen LogP) is 14.6. The standard InChI is InChI=1S/C53H38/c1-53(2)51-33-40(49-31-35(30-38-17-7-11-21-44(38)49)24-25-37-16-6-9-19-42(37)36-14-4-3-5-15-36)26-28-47(51)48-29-27-41(34-52(48)53)50-32-39-18-8-10-20-43(39)45-22-12-13-23-46(45)50/h3-34H,1-2H3/b25-24+. The summed E-state index contributed by atoms with van der Waals surface area (Å²) in [6.45, 7) is 4.79. The van der Waals surface area contributed by atoms with Crippen molar-refractivity contribution in [3.63, 3.8) is 0 Å². The first kappa shape index (κ1) is 31.3. The number of fused-ring (bicyclic) bond motifs is 7. The van der Waals surface area contributed by atoms with Crippen molar-refractivity contribution in [1.29, 1.82) is 0 Å². The molecule has 0 spiro atoms. The van der Waals surface area contributed by atoms with E-state index < -0.39 is 0 Å². The van der Waals surface area contributed by atoms with Crippen LogP contribution in [-0.2, 0) is 5.41 Å². The lowest BCUT2D eigenvalue weighted by Gasteiger charge is -2.23. The van der Waals surface area contributed by atoms with E-state index in [9.17, 15) is 0 Å². The topological polar surface area (TPSA) is 0 Å². The maximum absolute atomic E-state index is 2.46. The van der Waals surface area contributed by atoms with Gasteiger partial charge < -0.3 is 0 Å². The van der Waals surface area contributed by atoms with Crippen LogP contribution >= 0.6 is 0 Å². The van der Waals surface area contributed by atoms with E-state index in [1.165, 1.54) is 99.1 Å². The van der Waals surface area contributed by atoms with Gasteiger partial charge in [-0.1, -0.05) is 178 Å². The molecule has 0 unspecified atom stereocenters. The first-order chi connectivity index (χ1) is 26.0. The SMILES string of the molecule is CC1(C)c2cc(-c3cc(/C=C/c4ccccc4-c4ccccc4)cc4ccccc34)ccc2-c2ccc(-c3cc4ccccc4c4ccccc34)cc21. The molecule has 9 aromatic carbocycles. The van der Waals surface area contributed by atoms with Gasteiger partial charge in [0.1, 0.15) is 0 Å². The molecule has 0 N–H and O–H groups in total. The molecule has 9 aromatic rings. The van der Waals surface area contributed by atoms with Gasteiger partial charge in [0, 0.05) is 5.41 Å². The van der Waals surface area contributed by atoms with Crippen molar-refractivity contribution in [2.24, 2.45) is 0 Å². The fourth-order valence-corrected chi connectivity index (χ4v) is 8.74. The third kappa shape index (κ3) is 5.21. The highest BCUT2D eigenvalue weighted by atomic mass is 14.4. The zero-order valence-electron chi connectivity index (χ0n) is 30.0. The fraction of sp³-hybridized carbons (Fsp3) is 0.0566. The van der Waals surface area contributed by atoms with Crippen LogP contribution in [0.2, 0.25) is 0 Å². The Balaban J connectivity index is 1.06. The van der Waals surface area contributed by atoms with Gasteiger partial charge in [0.25, 0.3) is 0 Å². The van der Waals surface area contributed by atoms with Crippen LogP contribution in [0.1, 0.15) is 36.1 Å². The second kappa shape index (κ2) is 12.3. The Morgan fingerprint density at radius 1 is 0.340 bits per heavy atom. The van der Waals surface area contributed by atoms with Crippen LogP contribution in [-0.4, -0.2) is 0 Å². The second-order valence-corrected chi connectivity index (χ2v) is 14.9. The quantitative estimate of drug-likeness (QED) is 0.126. The van der Waals surface area contributed by atoms with Crippen molar-refractivity contribution < 1.29 is 0 Å². The number of benzene rings is 9. The number of rotatable bonds is 5. The van der Waals surface area contributed by atoms with E-state index >= 15 is 0 Å². The molecule has 0 heterocycles. The summed E-state index contributed by atoms with van der Waals surface area (Å²) in [6, 6.07) is 67.0. The molecule has 53 heavy (non-hydrogen) atoms. The smallest absolute Gasteiger partial charge is 0.0159 e. The van der Waals surface area contributed by atoms with Crippen LogP contribution in [0.25, 0.3) is 89.0 Å². The maximum atomic E-state index is 2.46. The zero-order chi connectivity index (χ0) is 35.5. The lowest BCUT2D eigenvalue weighted by molar-refractivity contribution is 0.661. The largest absolute Gasteiger partial charge is 0.0622 e. The van der Waals surface area contributed by atoms with Crippen LogP contribution in [0.15, 0.2) is 182 Å². The summed E-state index contributed by atoms with van der Waals surface area (Å²) < 4.78 is 0. The summed E-state index contributed by atoms with van der Waals surface area (Å²) >= 11 is 0. The Morgan fingerprint density at radius 3 is 1.60 bits per heavy atom. The maximum Gasteiger partial charge on any atom is 0.0159 e. The van der Waals surface area contributed by atoms with E-state index in [-0.39, 0.29) is 5.41 Å². The molecule has 0 bridgehead atoms.